The molecule has 0 saturated carbocycles. The molecule has 1 fully saturated rings. The second kappa shape index (κ2) is 5.86. The number of hydrogen-bond donors (Lipinski definition) is 2. The predicted molar refractivity (Wildman–Crippen MR) is 84.6 cm³/mol. The van der Waals surface area contributed by atoms with Gasteiger partial charge in [0.2, 0.25) is 5.91 Å². The van der Waals surface area contributed by atoms with Gasteiger partial charge in [-0.15, -0.1) is 11.3 Å². The first-order chi connectivity index (χ1) is 10.8. The minimum Gasteiger partial charge on any atom is -0.369 e. The molecule has 2 aromatic rings. The molecule has 1 aliphatic heterocycles. The van der Waals surface area contributed by atoms with E-state index in [1.54, 1.807) is 6.92 Å². The number of amides is 1. The van der Waals surface area contributed by atoms with Crippen molar-refractivity contribution in [1.29, 1.82) is 0 Å². The first-order valence-electron chi connectivity index (χ1n) is 6.72. The number of nitrogens with one attached hydrogen (secondary N) is 1. The van der Waals surface area contributed by atoms with Crippen LogP contribution in [0.1, 0.15) is 17.6 Å². The fraction of sp³-hybridized carbons (Fsp3) is 0.417. The molecule has 1 amide bonds. The van der Waals surface area contributed by atoms with Crippen LogP contribution in [-0.4, -0.2) is 46.9 Å². The highest BCUT2D eigenvalue weighted by Gasteiger charge is 2.44. The van der Waals surface area contributed by atoms with Gasteiger partial charge in [0.1, 0.15) is 10.0 Å². The number of aryl methyl sites for hydroxylation is 1. The van der Waals surface area contributed by atoms with E-state index in [1.807, 2.05) is 0 Å². The first kappa shape index (κ1) is 16.4. The Balaban J connectivity index is 1.93. The molecule has 3 heterocycles. The normalized spacial score (nSPS) is 22.5. The largest absolute Gasteiger partial charge is 0.369 e. The van der Waals surface area contributed by atoms with E-state index >= 15 is 0 Å². The molecular formula is C12H14ClN5O3S2. The molecular weight excluding hydrogens is 362 g/mol. The van der Waals surface area contributed by atoms with E-state index in [-0.39, 0.29) is 17.3 Å². The van der Waals surface area contributed by atoms with Crippen molar-refractivity contribution in [1.82, 2.24) is 19.5 Å². The summed E-state index contributed by atoms with van der Waals surface area (Å²) in [5.74, 6) is -0.722. The van der Waals surface area contributed by atoms with E-state index < -0.39 is 27.8 Å². The first-order valence-corrected chi connectivity index (χ1v) is 9.36. The standard InChI is InChI=1S/C12H14ClN5O3S2/c1-6-15-12(17-16-6)8-5-18(4-7(8)11(14)19)23(20,21)10-3-2-9(13)22-10/h2-3,7-8H,4-5H2,1H3,(H2,14,19)(H,15,16,17)/t7-,8-/m1/s1. The molecule has 0 radical (unpaired) electrons. The molecule has 23 heavy (non-hydrogen) atoms. The summed E-state index contributed by atoms with van der Waals surface area (Å²) < 4.78 is 27.1. The Kier molecular flexibility index (Phi) is 4.17. The van der Waals surface area contributed by atoms with Crippen molar-refractivity contribution in [3.05, 3.63) is 28.1 Å². The summed E-state index contributed by atoms with van der Waals surface area (Å²) in [5, 5.41) is 6.74. The summed E-state index contributed by atoms with van der Waals surface area (Å²) in [4.78, 5) is 15.9. The second-order valence-corrected chi connectivity index (χ2v) is 9.15. The third-order valence-electron chi connectivity index (χ3n) is 3.74. The van der Waals surface area contributed by atoms with Crippen LogP contribution in [0.5, 0.6) is 0 Å². The number of hydrogen-bond acceptors (Lipinski definition) is 6. The number of sulfonamides is 1. The summed E-state index contributed by atoms with van der Waals surface area (Å²) in [6, 6.07) is 2.97. The van der Waals surface area contributed by atoms with E-state index in [4.69, 9.17) is 17.3 Å². The smallest absolute Gasteiger partial charge is 0.252 e. The molecule has 1 saturated heterocycles. The van der Waals surface area contributed by atoms with Crippen molar-refractivity contribution in [2.75, 3.05) is 13.1 Å². The number of carbonyl (C=O) groups excluding carboxylic acids is 1. The van der Waals surface area contributed by atoms with Crippen molar-refractivity contribution in [2.24, 2.45) is 11.7 Å². The van der Waals surface area contributed by atoms with Gasteiger partial charge in [-0.1, -0.05) is 11.6 Å². The lowest BCUT2D eigenvalue weighted by atomic mass is 9.95. The van der Waals surface area contributed by atoms with Gasteiger partial charge in [0, 0.05) is 19.0 Å². The average molecular weight is 376 g/mol. The summed E-state index contributed by atoms with van der Waals surface area (Å²) >= 11 is 6.79. The van der Waals surface area contributed by atoms with Crippen molar-refractivity contribution in [3.63, 3.8) is 0 Å². The number of halogens is 1. The van der Waals surface area contributed by atoms with E-state index in [0.717, 1.165) is 11.3 Å². The number of aromatic nitrogens is 3. The molecule has 3 rings (SSSR count). The molecule has 124 valence electrons. The monoisotopic (exact) mass is 375 g/mol. The predicted octanol–water partition coefficient (Wildman–Crippen LogP) is 0.718. The number of thiophene rings is 1. The van der Waals surface area contributed by atoms with Crippen LogP contribution in [0.2, 0.25) is 4.34 Å². The van der Waals surface area contributed by atoms with Crippen LogP contribution in [-0.2, 0) is 14.8 Å². The van der Waals surface area contributed by atoms with Crippen molar-refractivity contribution in [3.8, 4) is 0 Å². The number of carbonyl (C=O) groups is 1. The lowest BCUT2D eigenvalue weighted by molar-refractivity contribution is -0.121. The molecule has 11 heteroatoms. The molecule has 0 bridgehead atoms. The SMILES string of the molecule is Cc1nc([C@@H]2CN(S(=O)(=O)c3ccc(Cl)s3)C[C@H]2C(N)=O)n[nH]1. The van der Waals surface area contributed by atoms with Crippen LogP contribution in [0.25, 0.3) is 0 Å². The second-order valence-electron chi connectivity index (χ2n) is 5.27. The van der Waals surface area contributed by atoms with E-state index in [1.165, 1.54) is 16.4 Å². The zero-order valence-corrected chi connectivity index (χ0v) is 14.5. The Morgan fingerprint density at radius 2 is 2.22 bits per heavy atom. The zero-order chi connectivity index (χ0) is 16.8. The van der Waals surface area contributed by atoms with E-state index in [9.17, 15) is 13.2 Å². The van der Waals surface area contributed by atoms with Gasteiger partial charge in [0.25, 0.3) is 10.0 Å². The van der Waals surface area contributed by atoms with Crippen LogP contribution in [0.4, 0.5) is 0 Å². The highest BCUT2D eigenvalue weighted by molar-refractivity contribution is 7.91. The maximum atomic E-state index is 12.7. The molecule has 0 aromatic carbocycles. The molecule has 0 spiro atoms. The topological polar surface area (TPSA) is 122 Å². The minimum absolute atomic E-state index is 0.00540. The van der Waals surface area contributed by atoms with Gasteiger partial charge in [-0.25, -0.2) is 13.4 Å². The maximum Gasteiger partial charge on any atom is 0.252 e. The third kappa shape index (κ3) is 2.99. The molecule has 0 unspecified atom stereocenters. The van der Waals surface area contributed by atoms with Crippen LogP contribution >= 0.6 is 22.9 Å². The van der Waals surface area contributed by atoms with Gasteiger partial charge in [0.15, 0.2) is 5.82 Å². The molecule has 2 atom stereocenters. The van der Waals surface area contributed by atoms with Gasteiger partial charge >= 0.3 is 0 Å². The molecule has 8 nitrogen and oxygen atoms in total. The lowest BCUT2D eigenvalue weighted by Crippen LogP contribution is -2.31. The van der Waals surface area contributed by atoms with Gasteiger partial charge in [0.05, 0.1) is 10.3 Å². The Bertz CT molecular complexity index is 847. The highest BCUT2D eigenvalue weighted by atomic mass is 35.5. The van der Waals surface area contributed by atoms with Crippen molar-refractivity contribution < 1.29 is 13.2 Å². The van der Waals surface area contributed by atoms with Crippen LogP contribution in [0.15, 0.2) is 16.3 Å². The summed E-state index contributed by atoms with van der Waals surface area (Å²) in [5.41, 5.74) is 5.44. The number of aromatic amines is 1. The third-order valence-corrected chi connectivity index (χ3v) is 7.27. The van der Waals surface area contributed by atoms with Gasteiger partial charge in [-0.3, -0.25) is 9.89 Å². The number of nitrogens with two attached hydrogens (primary N) is 1. The molecule has 0 aliphatic carbocycles. The van der Waals surface area contributed by atoms with Gasteiger partial charge in [-0.05, 0) is 19.1 Å². The fourth-order valence-corrected chi connectivity index (χ4v) is 5.73. The summed E-state index contributed by atoms with van der Waals surface area (Å²) in [6.45, 7) is 1.83. The number of primary amides is 1. The van der Waals surface area contributed by atoms with E-state index in [0.29, 0.717) is 16.0 Å². The van der Waals surface area contributed by atoms with Gasteiger partial charge in [-0.2, -0.15) is 9.40 Å². The number of rotatable bonds is 4. The lowest BCUT2D eigenvalue weighted by Gasteiger charge is -2.14. The Morgan fingerprint density at radius 3 is 2.74 bits per heavy atom. The average Bonchev–Trinajstić information content (AvgIpc) is 3.16. The fourth-order valence-electron chi connectivity index (χ4n) is 2.60. The number of H-pyrrole nitrogens is 1. The quantitative estimate of drug-likeness (QED) is 0.815. The van der Waals surface area contributed by atoms with Crippen molar-refractivity contribution >= 4 is 38.9 Å². The maximum absolute atomic E-state index is 12.7. The summed E-state index contributed by atoms with van der Waals surface area (Å²) in [6.07, 6.45) is 0. The van der Waals surface area contributed by atoms with Crippen LogP contribution in [0.3, 0.4) is 0 Å². The van der Waals surface area contributed by atoms with Crippen molar-refractivity contribution in [2.45, 2.75) is 17.1 Å². The highest BCUT2D eigenvalue weighted by Crippen LogP contribution is 2.36. The Morgan fingerprint density at radius 1 is 1.48 bits per heavy atom. The zero-order valence-electron chi connectivity index (χ0n) is 12.1. The van der Waals surface area contributed by atoms with E-state index in [2.05, 4.69) is 15.2 Å². The molecule has 3 N–H and O–H groups in total. The minimum atomic E-state index is -3.72. The molecule has 2 aromatic heterocycles. The van der Waals surface area contributed by atoms with Gasteiger partial charge < -0.3 is 5.73 Å². The van der Waals surface area contributed by atoms with Crippen LogP contribution < -0.4 is 5.73 Å². The Labute approximate surface area is 141 Å². The summed E-state index contributed by atoms with van der Waals surface area (Å²) in [7, 11) is -3.72. The van der Waals surface area contributed by atoms with Crippen LogP contribution in [0, 0.1) is 12.8 Å². The molecule has 1 aliphatic rings. The number of nitrogens with zero attached hydrogens (tertiary/aromatic N) is 3. The Hall–Kier alpha value is -1.49.